The normalized spacial score (nSPS) is 23.1. The standard InChI is InChI=1S/C18H32N4O/c1-12-8-13(2)10-22(9-12)18(5,6)11-19-17(23)16-14(3)20-21(7)15(16)4/h12-13H,8-11H2,1-7H3,(H,19,23)/t12-,13-/m1/s1. The highest BCUT2D eigenvalue weighted by Gasteiger charge is 2.33. The number of nitrogens with one attached hydrogen (secondary N) is 1. The molecule has 0 radical (unpaired) electrons. The molecule has 0 unspecified atom stereocenters. The lowest BCUT2D eigenvalue weighted by atomic mass is 9.88. The number of aromatic nitrogens is 2. The summed E-state index contributed by atoms with van der Waals surface area (Å²) < 4.78 is 1.77. The molecule has 1 aromatic heterocycles. The SMILES string of the molecule is Cc1nn(C)c(C)c1C(=O)NCC(C)(C)N1C[C@H](C)C[C@@H](C)C1. The molecule has 1 aliphatic rings. The van der Waals surface area contributed by atoms with Gasteiger partial charge in [0.25, 0.3) is 5.91 Å². The molecule has 5 nitrogen and oxygen atoms in total. The average molecular weight is 320 g/mol. The Morgan fingerprint density at radius 2 is 1.83 bits per heavy atom. The zero-order valence-corrected chi connectivity index (χ0v) is 15.7. The van der Waals surface area contributed by atoms with Crippen LogP contribution < -0.4 is 5.32 Å². The molecule has 2 heterocycles. The first kappa shape index (κ1) is 18.0. The molecule has 0 spiro atoms. The van der Waals surface area contributed by atoms with Gasteiger partial charge in [0.15, 0.2) is 0 Å². The number of hydrogen-bond acceptors (Lipinski definition) is 3. The molecular formula is C18H32N4O. The van der Waals surface area contributed by atoms with Crippen molar-refractivity contribution in [2.45, 2.75) is 53.5 Å². The van der Waals surface area contributed by atoms with Crippen molar-refractivity contribution in [3.05, 3.63) is 17.0 Å². The van der Waals surface area contributed by atoms with Crippen LogP contribution in [0.2, 0.25) is 0 Å². The van der Waals surface area contributed by atoms with Gasteiger partial charge in [-0.25, -0.2) is 0 Å². The average Bonchev–Trinajstić information content (AvgIpc) is 2.69. The summed E-state index contributed by atoms with van der Waals surface area (Å²) in [5.41, 5.74) is 2.38. The Hall–Kier alpha value is -1.36. The van der Waals surface area contributed by atoms with Gasteiger partial charge >= 0.3 is 0 Å². The molecule has 2 rings (SSSR count). The van der Waals surface area contributed by atoms with E-state index in [4.69, 9.17) is 0 Å². The van der Waals surface area contributed by atoms with Gasteiger partial charge in [-0.1, -0.05) is 13.8 Å². The van der Waals surface area contributed by atoms with Gasteiger partial charge in [-0.05, 0) is 46.0 Å². The van der Waals surface area contributed by atoms with E-state index in [9.17, 15) is 4.79 Å². The summed E-state index contributed by atoms with van der Waals surface area (Å²) in [4.78, 5) is 15.1. The van der Waals surface area contributed by atoms with E-state index in [0.29, 0.717) is 12.1 Å². The maximum Gasteiger partial charge on any atom is 0.255 e. The number of likely N-dealkylation sites (tertiary alicyclic amines) is 1. The minimum Gasteiger partial charge on any atom is -0.350 e. The molecule has 1 amide bonds. The van der Waals surface area contributed by atoms with Gasteiger partial charge < -0.3 is 5.32 Å². The number of nitrogens with zero attached hydrogens (tertiary/aromatic N) is 3. The lowest BCUT2D eigenvalue weighted by Gasteiger charge is -2.45. The second-order valence-corrected chi connectivity index (χ2v) is 8.02. The molecule has 0 aromatic carbocycles. The predicted molar refractivity (Wildman–Crippen MR) is 93.6 cm³/mol. The predicted octanol–water partition coefficient (Wildman–Crippen LogP) is 2.52. The van der Waals surface area contributed by atoms with E-state index in [1.807, 2.05) is 20.9 Å². The molecule has 1 fully saturated rings. The fourth-order valence-corrected chi connectivity index (χ4v) is 3.76. The second-order valence-electron chi connectivity index (χ2n) is 8.02. The van der Waals surface area contributed by atoms with Gasteiger partial charge in [-0.2, -0.15) is 5.10 Å². The summed E-state index contributed by atoms with van der Waals surface area (Å²) >= 11 is 0. The van der Waals surface area contributed by atoms with Gasteiger partial charge in [-0.15, -0.1) is 0 Å². The number of hydrogen-bond donors (Lipinski definition) is 1. The van der Waals surface area contributed by atoms with Crippen LogP contribution in [0.3, 0.4) is 0 Å². The summed E-state index contributed by atoms with van der Waals surface area (Å²) in [6, 6.07) is 0. The Bertz CT molecular complexity index is 566. The van der Waals surface area contributed by atoms with Crippen LogP contribution in [0.25, 0.3) is 0 Å². The fraction of sp³-hybridized carbons (Fsp3) is 0.778. The fourth-order valence-electron chi connectivity index (χ4n) is 3.76. The van der Waals surface area contributed by atoms with Crippen LogP contribution in [-0.4, -0.2) is 45.8 Å². The van der Waals surface area contributed by atoms with Crippen LogP contribution in [0.4, 0.5) is 0 Å². The lowest BCUT2D eigenvalue weighted by Crippen LogP contribution is -2.56. The molecule has 0 bridgehead atoms. The van der Waals surface area contributed by atoms with E-state index in [1.165, 1.54) is 6.42 Å². The molecule has 1 aliphatic heterocycles. The van der Waals surface area contributed by atoms with Crippen molar-refractivity contribution in [1.82, 2.24) is 20.0 Å². The van der Waals surface area contributed by atoms with Crippen LogP contribution in [0.1, 0.15) is 55.9 Å². The second kappa shape index (κ2) is 6.63. The number of amides is 1. The van der Waals surface area contributed by atoms with Gasteiger partial charge in [0.2, 0.25) is 0 Å². The summed E-state index contributed by atoms with van der Waals surface area (Å²) in [5.74, 6) is 1.42. The number of carbonyl (C=O) groups excluding carboxylic acids is 1. The molecule has 2 atom stereocenters. The Morgan fingerprint density at radius 3 is 2.30 bits per heavy atom. The van der Waals surface area contributed by atoms with Crippen molar-refractivity contribution in [1.29, 1.82) is 0 Å². The highest BCUT2D eigenvalue weighted by molar-refractivity contribution is 5.96. The van der Waals surface area contributed by atoms with Crippen molar-refractivity contribution in [3.63, 3.8) is 0 Å². The van der Waals surface area contributed by atoms with Gasteiger partial charge in [0, 0.05) is 37.9 Å². The minimum atomic E-state index is -0.0391. The summed E-state index contributed by atoms with van der Waals surface area (Å²) in [5, 5.41) is 7.46. The summed E-state index contributed by atoms with van der Waals surface area (Å²) in [6.07, 6.45) is 1.30. The molecular weight excluding hydrogens is 288 g/mol. The number of piperidine rings is 1. The smallest absolute Gasteiger partial charge is 0.255 e. The van der Waals surface area contributed by atoms with E-state index < -0.39 is 0 Å². The highest BCUT2D eigenvalue weighted by Crippen LogP contribution is 2.27. The number of rotatable bonds is 4. The molecule has 0 aliphatic carbocycles. The Balaban J connectivity index is 2.02. The van der Waals surface area contributed by atoms with Crippen LogP contribution in [0, 0.1) is 25.7 Å². The van der Waals surface area contributed by atoms with Crippen molar-refractivity contribution >= 4 is 5.91 Å². The third-order valence-electron chi connectivity index (χ3n) is 5.14. The maximum atomic E-state index is 12.6. The minimum absolute atomic E-state index is 0.0146. The van der Waals surface area contributed by atoms with E-state index in [1.54, 1.807) is 4.68 Å². The maximum absolute atomic E-state index is 12.6. The Labute approximate surface area is 140 Å². The summed E-state index contributed by atoms with van der Waals surface area (Å²) in [7, 11) is 1.87. The first-order valence-corrected chi connectivity index (χ1v) is 8.65. The van der Waals surface area contributed by atoms with Gasteiger partial charge in [-0.3, -0.25) is 14.4 Å². The Kier molecular flexibility index (Phi) is 5.19. The van der Waals surface area contributed by atoms with Gasteiger partial charge in [0.05, 0.1) is 11.3 Å². The zero-order chi connectivity index (χ0) is 17.4. The first-order valence-electron chi connectivity index (χ1n) is 8.65. The quantitative estimate of drug-likeness (QED) is 0.927. The van der Waals surface area contributed by atoms with Crippen LogP contribution in [0.15, 0.2) is 0 Å². The van der Waals surface area contributed by atoms with E-state index >= 15 is 0 Å². The third-order valence-corrected chi connectivity index (χ3v) is 5.14. The zero-order valence-electron chi connectivity index (χ0n) is 15.7. The summed E-state index contributed by atoms with van der Waals surface area (Å²) in [6.45, 7) is 15.8. The van der Waals surface area contributed by atoms with Crippen LogP contribution in [0.5, 0.6) is 0 Å². The van der Waals surface area contributed by atoms with Gasteiger partial charge in [0.1, 0.15) is 0 Å². The van der Waals surface area contributed by atoms with E-state index in [-0.39, 0.29) is 11.4 Å². The molecule has 1 aromatic rings. The molecule has 1 N–H and O–H groups in total. The van der Waals surface area contributed by atoms with Crippen molar-refractivity contribution in [2.75, 3.05) is 19.6 Å². The topological polar surface area (TPSA) is 50.2 Å². The van der Waals surface area contributed by atoms with Crippen molar-refractivity contribution < 1.29 is 4.79 Å². The van der Waals surface area contributed by atoms with Crippen molar-refractivity contribution in [2.24, 2.45) is 18.9 Å². The van der Waals surface area contributed by atoms with Crippen LogP contribution >= 0.6 is 0 Å². The first-order chi connectivity index (χ1) is 10.6. The number of carbonyl (C=O) groups is 1. The van der Waals surface area contributed by atoms with Crippen molar-refractivity contribution in [3.8, 4) is 0 Å². The highest BCUT2D eigenvalue weighted by atomic mass is 16.1. The third kappa shape index (κ3) is 3.94. The largest absolute Gasteiger partial charge is 0.350 e. The monoisotopic (exact) mass is 320 g/mol. The number of aryl methyl sites for hydroxylation is 2. The molecule has 130 valence electrons. The molecule has 23 heavy (non-hydrogen) atoms. The lowest BCUT2D eigenvalue weighted by molar-refractivity contribution is 0.0445. The van der Waals surface area contributed by atoms with Crippen LogP contribution in [-0.2, 0) is 7.05 Å². The molecule has 5 heteroatoms. The van der Waals surface area contributed by atoms with E-state index in [2.05, 4.69) is 43.0 Å². The Morgan fingerprint density at radius 1 is 1.26 bits per heavy atom. The molecule has 1 saturated heterocycles. The molecule has 0 saturated carbocycles. The van der Waals surface area contributed by atoms with E-state index in [0.717, 1.165) is 36.3 Å².